The van der Waals surface area contributed by atoms with E-state index in [-0.39, 0.29) is 16.8 Å². The van der Waals surface area contributed by atoms with Crippen molar-refractivity contribution in [2.24, 2.45) is 0 Å². The van der Waals surface area contributed by atoms with Crippen LogP contribution >= 0.6 is 0 Å². The van der Waals surface area contributed by atoms with E-state index in [9.17, 15) is 19.5 Å². The number of benzene rings is 3. The van der Waals surface area contributed by atoms with Crippen molar-refractivity contribution in [2.75, 3.05) is 26.6 Å². The minimum atomic E-state index is -0.762. The average Bonchev–Trinajstić information content (AvgIpc) is 2.92. The SMILES string of the molecule is COC(=O)c1c(-c2cc(OC)c(C)c(OC)c2)c2ccc(O)cc2c(=O)n1-c1ccc(NC(=O)OC(C)(C)C)cc1. The highest BCUT2D eigenvalue weighted by Crippen LogP contribution is 2.39. The van der Waals surface area contributed by atoms with Crippen LogP contribution in [0.1, 0.15) is 36.8 Å². The topological polar surface area (TPSA) is 125 Å². The number of phenols is 1. The summed E-state index contributed by atoms with van der Waals surface area (Å²) < 4.78 is 22.8. The summed E-state index contributed by atoms with van der Waals surface area (Å²) in [5, 5.41) is 13.5. The van der Waals surface area contributed by atoms with E-state index in [1.54, 1.807) is 63.2 Å². The quantitative estimate of drug-likeness (QED) is 0.283. The van der Waals surface area contributed by atoms with Crippen molar-refractivity contribution >= 4 is 28.5 Å². The molecule has 10 nitrogen and oxygen atoms in total. The molecule has 0 fully saturated rings. The van der Waals surface area contributed by atoms with Crippen LogP contribution in [0.2, 0.25) is 0 Å². The third-order valence-corrected chi connectivity index (χ3v) is 6.36. The number of pyridine rings is 1. The fourth-order valence-electron chi connectivity index (χ4n) is 4.56. The number of amides is 1. The Labute approximate surface area is 237 Å². The van der Waals surface area contributed by atoms with E-state index in [0.717, 1.165) is 5.56 Å². The standard InChI is InChI=1S/C31H32N2O8/c1-17-24(38-5)14-18(15-25(17)39-6)26-22-13-12-21(34)16-23(22)28(35)33(27(26)29(36)40-7)20-10-8-19(9-11-20)32-30(37)41-31(2,3)4/h8-16,34H,1-7H3,(H,32,37). The van der Waals surface area contributed by atoms with Crippen LogP contribution in [0.25, 0.3) is 27.6 Å². The molecule has 10 heteroatoms. The van der Waals surface area contributed by atoms with Gasteiger partial charge in [-0.05, 0) is 93.2 Å². The maximum absolute atomic E-state index is 13.9. The van der Waals surface area contributed by atoms with Gasteiger partial charge in [0.1, 0.15) is 28.5 Å². The molecule has 1 aromatic heterocycles. The molecule has 0 saturated heterocycles. The van der Waals surface area contributed by atoms with E-state index < -0.39 is 23.2 Å². The Balaban J connectivity index is 2.02. The maximum atomic E-state index is 13.9. The lowest BCUT2D eigenvalue weighted by atomic mass is 9.94. The monoisotopic (exact) mass is 560 g/mol. The molecule has 0 unspecified atom stereocenters. The average molecular weight is 561 g/mol. The summed E-state index contributed by atoms with van der Waals surface area (Å²) in [7, 11) is 4.28. The summed E-state index contributed by atoms with van der Waals surface area (Å²) in [5.41, 5.74) is 1.11. The number of phenolic OH excluding ortho intramolecular Hbond substituents is 1. The Morgan fingerprint density at radius 1 is 0.878 bits per heavy atom. The van der Waals surface area contributed by atoms with E-state index in [2.05, 4.69) is 5.32 Å². The number of anilines is 1. The van der Waals surface area contributed by atoms with Crippen LogP contribution in [0, 0.1) is 6.92 Å². The van der Waals surface area contributed by atoms with E-state index in [1.165, 1.54) is 38.0 Å². The molecule has 0 bridgehead atoms. The molecule has 4 aromatic rings. The number of carbonyl (C=O) groups is 2. The Morgan fingerprint density at radius 2 is 1.49 bits per heavy atom. The lowest BCUT2D eigenvalue weighted by Crippen LogP contribution is -2.27. The van der Waals surface area contributed by atoms with Crippen molar-refractivity contribution in [3.63, 3.8) is 0 Å². The van der Waals surface area contributed by atoms with E-state index in [1.807, 2.05) is 6.92 Å². The van der Waals surface area contributed by atoms with Crippen LogP contribution in [-0.2, 0) is 9.47 Å². The number of nitrogens with one attached hydrogen (secondary N) is 1. The molecule has 0 radical (unpaired) electrons. The third-order valence-electron chi connectivity index (χ3n) is 6.36. The molecule has 4 rings (SSSR count). The zero-order valence-corrected chi connectivity index (χ0v) is 23.9. The van der Waals surface area contributed by atoms with Gasteiger partial charge >= 0.3 is 12.1 Å². The normalized spacial score (nSPS) is 11.2. The number of hydrogen-bond acceptors (Lipinski definition) is 8. The Bertz CT molecular complexity index is 1670. The van der Waals surface area contributed by atoms with Gasteiger partial charge in [-0.15, -0.1) is 0 Å². The maximum Gasteiger partial charge on any atom is 0.412 e. The first-order valence-corrected chi connectivity index (χ1v) is 12.7. The summed E-state index contributed by atoms with van der Waals surface area (Å²) in [6.07, 6.45) is -0.636. The highest BCUT2D eigenvalue weighted by atomic mass is 16.6. The van der Waals surface area contributed by atoms with Crippen LogP contribution in [0.5, 0.6) is 17.2 Å². The van der Waals surface area contributed by atoms with Crippen LogP contribution in [0.15, 0.2) is 59.4 Å². The number of aromatic nitrogens is 1. The number of rotatable bonds is 6. The first kappa shape index (κ1) is 29.0. The predicted octanol–water partition coefficient (Wildman–Crippen LogP) is 5.82. The predicted molar refractivity (Wildman–Crippen MR) is 156 cm³/mol. The molecule has 0 atom stereocenters. The molecule has 0 spiro atoms. The number of carbonyl (C=O) groups excluding carboxylic acids is 2. The van der Waals surface area contributed by atoms with Gasteiger partial charge in [0.25, 0.3) is 5.56 Å². The summed E-state index contributed by atoms with van der Waals surface area (Å²) in [4.78, 5) is 39.6. The molecule has 0 aliphatic rings. The highest BCUT2D eigenvalue weighted by Gasteiger charge is 2.27. The summed E-state index contributed by atoms with van der Waals surface area (Å²) >= 11 is 0. The van der Waals surface area contributed by atoms with Gasteiger partial charge in [0.05, 0.1) is 26.7 Å². The summed E-state index contributed by atoms with van der Waals surface area (Å²) in [5.74, 6) is 0.144. The third kappa shape index (κ3) is 5.81. The minimum Gasteiger partial charge on any atom is -0.508 e. The number of methoxy groups -OCH3 is 3. The summed E-state index contributed by atoms with van der Waals surface area (Å²) in [6, 6.07) is 14.2. The number of hydrogen-bond donors (Lipinski definition) is 2. The van der Waals surface area contributed by atoms with Crippen molar-refractivity contribution in [3.8, 4) is 34.1 Å². The fraction of sp³-hybridized carbons (Fsp3) is 0.258. The second-order valence-corrected chi connectivity index (χ2v) is 10.3. The van der Waals surface area contributed by atoms with Crippen molar-refractivity contribution < 1.29 is 33.6 Å². The lowest BCUT2D eigenvalue weighted by Gasteiger charge is -2.21. The Hall–Kier alpha value is -4.99. The Morgan fingerprint density at radius 3 is 2.02 bits per heavy atom. The number of fused-ring (bicyclic) bond motifs is 1. The smallest absolute Gasteiger partial charge is 0.412 e. The van der Waals surface area contributed by atoms with Gasteiger partial charge in [0.15, 0.2) is 0 Å². The highest BCUT2D eigenvalue weighted by molar-refractivity contribution is 6.07. The molecule has 0 aliphatic heterocycles. The molecule has 0 aliphatic carbocycles. The molecule has 3 aromatic carbocycles. The molecule has 2 N–H and O–H groups in total. The first-order chi connectivity index (χ1) is 19.4. The lowest BCUT2D eigenvalue weighted by molar-refractivity contribution is 0.0589. The van der Waals surface area contributed by atoms with Gasteiger partial charge in [-0.1, -0.05) is 0 Å². The minimum absolute atomic E-state index is 0.0449. The van der Waals surface area contributed by atoms with Gasteiger partial charge in [0.2, 0.25) is 0 Å². The first-order valence-electron chi connectivity index (χ1n) is 12.7. The number of ether oxygens (including phenoxy) is 4. The second kappa shape index (κ2) is 11.2. The second-order valence-electron chi connectivity index (χ2n) is 10.3. The zero-order valence-electron chi connectivity index (χ0n) is 23.9. The van der Waals surface area contributed by atoms with Gasteiger partial charge in [-0.2, -0.15) is 0 Å². The fourth-order valence-corrected chi connectivity index (χ4v) is 4.56. The summed E-state index contributed by atoms with van der Waals surface area (Å²) in [6.45, 7) is 7.10. The van der Waals surface area contributed by atoms with Crippen molar-refractivity contribution in [1.29, 1.82) is 0 Å². The molecule has 1 heterocycles. The van der Waals surface area contributed by atoms with Gasteiger partial charge in [0, 0.05) is 22.5 Å². The Kier molecular flexibility index (Phi) is 7.95. The molecule has 41 heavy (non-hydrogen) atoms. The number of esters is 1. The van der Waals surface area contributed by atoms with E-state index >= 15 is 0 Å². The molecule has 214 valence electrons. The number of aromatic hydroxyl groups is 1. The van der Waals surface area contributed by atoms with E-state index in [0.29, 0.717) is 39.4 Å². The van der Waals surface area contributed by atoms with Crippen molar-refractivity contribution in [2.45, 2.75) is 33.3 Å². The van der Waals surface area contributed by atoms with Crippen LogP contribution in [0.4, 0.5) is 10.5 Å². The number of nitrogens with zero attached hydrogens (tertiary/aromatic N) is 1. The largest absolute Gasteiger partial charge is 0.508 e. The van der Waals surface area contributed by atoms with E-state index in [4.69, 9.17) is 18.9 Å². The van der Waals surface area contributed by atoms with Crippen molar-refractivity contribution in [1.82, 2.24) is 4.57 Å². The van der Waals surface area contributed by atoms with Gasteiger partial charge < -0.3 is 24.1 Å². The van der Waals surface area contributed by atoms with Crippen LogP contribution in [0.3, 0.4) is 0 Å². The molecule has 0 saturated carbocycles. The van der Waals surface area contributed by atoms with Crippen LogP contribution in [-0.4, -0.2) is 48.7 Å². The molecule has 1 amide bonds. The van der Waals surface area contributed by atoms with Crippen molar-refractivity contribution in [3.05, 3.63) is 76.2 Å². The van der Waals surface area contributed by atoms with Crippen LogP contribution < -0.4 is 20.3 Å². The molecular weight excluding hydrogens is 528 g/mol. The van der Waals surface area contributed by atoms with Gasteiger partial charge in [-0.3, -0.25) is 14.7 Å². The van der Waals surface area contributed by atoms with Gasteiger partial charge in [-0.25, -0.2) is 9.59 Å². The zero-order chi connectivity index (χ0) is 30.1. The molecular formula is C31H32N2O8.